The standard InChI is InChI=1S/C21H23N3O2/c1-3-7-16(8-4-1)21-24-23-20(26-21)15-25-19-13-11-18(12-14-19)22-17-9-5-2-6-10-17/h1,3-4,7-8,11-14,17,22H,2,5-6,9-10,15H2. The first-order valence-corrected chi connectivity index (χ1v) is 9.24. The van der Waals surface area contributed by atoms with E-state index in [0.717, 1.165) is 17.0 Å². The molecule has 0 amide bonds. The summed E-state index contributed by atoms with van der Waals surface area (Å²) >= 11 is 0. The van der Waals surface area contributed by atoms with Gasteiger partial charge in [-0.25, -0.2) is 0 Å². The van der Waals surface area contributed by atoms with Crippen LogP contribution in [0.4, 0.5) is 5.69 Å². The fraction of sp³-hybridized carbons (Fsp3) is 0.333. The topological polar surface area (TPSA) is 60.2 Å². The third kappa shape index (κ3) is 4.23. The average molecular weight is 349 g/mol. The van der Waals surface area contributed by atoms with Crippen molar-refractivity contribution in [1.82, 2.24) is 10.2 Å². The normalized spacial score (nSPS) is 14.9. The highest BCUT2D eigenvalue weighted by Gasteiger charge is 2.13. The van der Waals surface area contributed by atoms with E-state index >= 15 is 0 Å². The number of rotatable bonds is 6. The second-order valence-corrected chi connectivity index (χ2v) is 6.66. The molecule has 0 radical (unpaired) electrons. The lowest BCUT2D eigenvalue weighted by molar-refractivity contribution is 0.264. The van der Waals surface area contributed by atoms with Crippen LogP contribution in [0.2, 0.25) is 0 Å². The summed E-state index contributed by atoms with van der Waals surface area (Å²) in [5, 5.41) is 11.7. The van der Waals surface area contributed by atoms with Crippen LogP contribution in [-0.2, 0) is 6.61 Å². The number of aromatic nitrogens is 2. The van der Waals surface area contributed by atoms with Gasteiger partial charge in [0.25, 0.3) is 5.89 Å². The van der Waals surface area contributed by atoms with Crippen LogP contribution < -0.4 is 10.1 Å². The Bertz CT molecular complexity index is 809. The number of benzene rings is 2. The molecule has 0 spiro atoms. The van der Waals surface area contributed by atoms with Crippen molar-refractivity contribution >= 4 is 5.69 Å². The summed E-state index contributed by atoms with van der Waals surface area (Å²) in [6.07, 6.45) is 6.55. The Morgan fingerprint density at radius 2 is 1.69 bits per heavy atom. The van der Waals surface area contributed by atoms with Crippen molar-refractivity contribution in [3.05, 3.63) is 60.5 Å². The third-order valence-electron chi connectivity index (χ3n) is 4.68. The van der Waals surface area contributed by atoms with E-state index in [-0.39, 0.29) is 6.61 Å². The van der Waals surface area contributed by atoms with Crippen molar-refractivity contribution in [3.63, 3.8) is 0 Å². The molecule has 0 aliphatic heterocycles. The largest absolute Gasteiger partial charge is 0.484 e. The quantitative estimate of drug-likeness (QED) is 0.674. The Morgan fingerprint density at radius 3 is 2.46 bits per heavy atom. The van der Waals surface area contributed by atoms with E-state index in [1.165, 1.54) is 32.1 Å². The van der Waals surface area contributed by atoms with Crippen molar-refractivity contribution in [2.24, 2.45) is 0 Å². The first-order chi connectivity index (χ1) is 12.9. The minimum atomic E-state index is 0.259. The lowest BCUT2D eigenvalue weighted by atomic mass is 9.95. The SMILES string of the molecule is c1ccc(-c2nnc(COc3ccc(NC4CCCCC4)cc3)o2)cc1. The molecular formula is C21H23N3O2. The van der Waals surface area contributed by atoms with Gasteiger partial charge in [-0.3, -0.25) is 0 Å². The fourth-order valence-corrected chi connectivity index (χ4v) is 3.28. The van der Waals surface area contributed by atoms with Crippen LogP contribution in [0.1, 0.15) is 38.0 Å². The second-order valence-electron chi connectivity index (χ2n) is 6.66. The van der Waals surface area contributed by atoms with Gasteiger partial charge < -0.3 is 14.5 Å². The minimum absolute atomic E-state index is 0.259. The second kappa shape index (κ2) is 8.04. The van der Waals surface area contributed by atoms with Crippen molar-refractivity contribution in [2.45, 2.75) is 44.8 Å². The first-order valence-electron chi connectivity index (χ1n) is 9.24. The highest BCUT2D eigenvalue weighted by atomic mass is 16.5. The van der Waals surface area contributed by atoms with E-state index in [1.54, 1.807) is 0 Å². The van der Waals surface area contributed by atoms with Crippen molar-refractivity contribution in [2.75, 3.05) is 5.32 Å². The lowest BCUT2D eigenvalue weighted by Crippen LogP contribution is -2.22. The Balaban J connectivity index is 1.31. The lowest BCUT2D eigenvalue weighted by Gasteiger charge is -2.23. The van der Waals surface area contributed by atoms with Crippen LogP contribution in [-0.4, -0.2) is 16.2 Å². The molecule has 1 fully saturated rings. The number of anilines is 1. The molecule has 4 rings (SSSR count). The van der Waals surface area contributed by atoms with Gasteiger partial charge in [-0.2, -0.15) is 0 Å². The summed E-state index contributed by atoms with van der Waals surface area (Å²) in [4.78, 5) is 0. The van der Waals surface area contributed by atoms with E-state index in [9.17, 15) is 0 Å². The minimum Gasteiger partial charge on any atom is -0.484 e. The van der Waals surface area contributed by atoms with Crippen LogP contribution in [0.25, 0.3) is 11.5 Å². The van der Waals surface area contributed by atoms with Crippen LogP contribution in [0.15, 0.2) is 59.0 Å². The van der Waals surface area contributed by atoms with E-state index in [2.05, 4.69) is 27.6 Å². The van der Waals surface area contributed by atoms with Crippen molar-refractivity contribution in [1.29, 1.82) is 0 Å². The van der Waals surface area contributed by atoms with Crippen molar-refractivity contribution < 1.29 is 9.15 Å². The molecule has 5 heteroatoms. The monoisotopic (exact) mass is 349 g/mol. The number of nitrogens with one attached hydrogen (secondary N) is 1. The molecule has 1 heterocycles. The number of hydrogen-bond acceptors (Lipinski definition) is 5. The van der Waals surface area contributed by atoms with Gasteiger partial charge in [-0.1, -0.05) is 37.5 Å². The molecular weight excluding hydrogens is 326 g/mol. The van der Waals surface area contributed by atoms with Crippen LogP contribution in [0.5, 0.6) is 5.75 Å². The van der Waals surface area contributed by atoms with E-state index < -0.39 is 0 Å². The molecule has 134 valence electrons. The molecule has 1 N–H and O–H groups in total. The summed E-state index contributed by atoms with van der Waals surface area (Å²) in [6.45, 7) is 0.259. The Labute approximate surface area is 153 Å². The highest BCUT2D eigenvalue weighted by molar-refractivity contribution is 5.51. The molecule has 1 saturated carbocycles. The van der Waals surface area contributed by atoms with Crippen LogP contribution >= 0.6 is 0 Å². The molecule has 0 bridgehead atoms. The fourth-order valence-electron chi connectivity index (χ4n) is 3.28. The highest BCUT2D eigenvalue weighted by Crippen LogP contribution is 2.23. The number of nitrogens with zero attached hydrogens (tertiary/aromatic N) is 2. The van der Waals surface area contributed by atoms with Crippen LogP contribution in [0.3, 0.4) is 0 Å². The summed E-state index contributed by atoms with van der Waals surface area (Å²) in [6, 6.07) is 18.4. The zero-order valence-electron chi connectivity index (χ0n) is 14.7. The van der Waals surface area contributed by atoms with Gasteiger partial charge in [0.05, 0.1) is 0 Å². The van der Waals surface area contributed by atoms with Crippen LogP contribution in [0, 0.1) is 0 Å². The molecule has 0 saturated heterocycles. The molecule has 0 unspecified atom stereocenters. The molecule has 1 aliphatic carbocycles. The number of ether oxygens (including phenoxy) is 1. The molecule has 1 aromatic heterocycles. The maximum Gasteiger partial charge on any atom is 0.254 e. The molecule has 2 aromatic carbocycles. The summed E-state index contributed by atoms with van der Waals surface area (Å²) in [5.41, 5.74) is 2.05. The van der Waals surface area contributed by atoms with Crippen molar-refractivity contribution in [3.8, 4) is 17.2 Å². The average Bonchev–Trinajstić information content (AvgIpc) is 3.18. The van der Waals surface area contributed by atoms with E-state index in [0.29, 0.717) is 17.8 Å². The molecule has 5 nitrogen and oxygen atoms in total. The van der Waals surface area contributed by atoms with Gasteiger partial charge in [-0.15, -0.1) is 10.2 Å². The Hall–Kier alpha value is -2.82. The zero-order chi connectivity index (χ0) is 17.6. The summed E-state index contributed by atoms with van der Waals surface area (Å²) in [7, 11) is 0. The molecule has 3 aromatic rings. The van der Waals surface area contributed by atoms with E-state index in [4.69, 9.17) is 9.15 Å². The third-order valence-corrected chi connectivity index (χ3v) is 4.68. The number of hydrogen-bond donors (Lipinski definition) is 1. The van der Waals surface area contributed by atoms with Gasteiger partial charge in [-0.05, 0) is 49.2 Å². The van der Waals surface area contributed by atoms with Gasteiger partial charge in [0.1, 0.15) is 5.75 Å². The van der Waals surface area contributed by atoms with Gasteiger partial charge in [0, 0.05) is 17.3 Å². The van der Waals surface area contributed by atoms with E-state index in [1.807, 2.05) is 42.5 Å². The first kappa shape index (κ1) is 16.6. The zero-order valence-corrected chi connectivity index (χ0v) is 14.7. The Kier molecular flexibility index (Phi) is 5.14. The Morgan fingerprint density at radius 1 is 0.923 bits per heavy atom. The molecule has 26 heavy (non-hydrogen) atoms. The van der Waals surface area contributed by atoms with Gasteiger partial charge in [0.2, 0.25) is 5.89 Å². The summed E-state index contributed by atoms with van der Waals surface area (Å²) in [5.74, 6) is 1.77. The van der Waals surface area contributed by atoms with Gasteiger partial charge >= 0.3 is 0 Å². The maximum atomic E-state index is 5.76. The smallest absolute Gasteiger partial charge is 0.254 e. The predicted octanol–water partition coefficient (Wildman–Crippen LogP) is 5.06. The van der Waals surface area contributed by atoms with Gasteiger partial charge in [0.15, 0.2) is 6.61 Å². The molecule has 0 atom stereocenters. The maximum absolute atomic E-state index is 5.76. The summed E-state index contributed by atoms with van der Waals surface area (Å²) < 4.78 is 11.4. The molecule has 1 aliphatic rings. The predicted molar refractivity (Wildman–Crippen MR) is 101 cm³/mol.